The molecular weight excluding hydrogens is 388 g/mol. The lowest BCUT2D eigenvalue weighted by Gasteiger charge is -2.28. The van der Waals surface area contributed by atoms with E-state index >= 15 is 4.39 Å². The maximum absolute atomic E-state index is 15.4. The Hall–Kier alpha value is -3.23. The van der Waals surface area contributed by atoms with Gasteiger partial charge in [0.25, 0.3) is 0 Å². The van der Waals surface area contributed by atoms with Crippen molar-refractivity contribution in [3.8, 4) is 22.9 Å². The number of benzene rings is 1. The van der Waals surface area contributed by atoms with E-state index in [9.17, 15) is 13.2 Å². The molecule has 1 aliphatic carbocycles. The van der Waals surface area contributed by atoms with Crippen molar-refractivity contribution in [1.82, 2.24) is 15.0 Å². The Labute approximate surface area is 163 Å². The lowest BCUT2D eigenvalue weighted by molar-refractivity contribution is -0.138. The second kappa shape index (κ2) is 7.31. The molecule has 4 rings (SSSR count). The minimum Gasteiger partial charge on any atom is -0.421 e. The Kier molecular flexibility index (Phi) is 4.81. The fourth-order valence-electron chi connectivity index (χ4n) is 3.11. The van der Waals surface area contributed by atoms with E-state index in [1.807, 2.05) is 0 Å². The summed E-state index contributed by atoms with van der Waals surface area (Å²) in [6.07, 6.45) is 0.872. The molecule has 1 aliphatic rings. The number of hydrogen-bond acceptors (Lipinski definition) is 5. The summed E-state index contributed by atoms with van der Waals surface area (Å²) in [5.74, 6) is -0.310. The fraction of sp³-hybridized carbons (Fsp3) is 0.250. The molecule has 1 saturated carbocycles. The van der Waals surface area contributed by atoms with Crippen molar-refractivity contribution < 1.29 is 22.3 Å². The SMILES string of the molecule is Nc1ccc(-c2ccc(C3CCC3)c(Oc3ncc(C(F)(F)F)cn3)c2F)cn1. The average Bonchev–Trinajstić information content (AvgIpc) is 2.64. The highest BCUT2D eigenvalue weighted by atomic mass is 19.4. The third-order valence-corrected chi connectivity index (χ3v) is 4.92. The molecule has 0 radical (unpaired) electrons. The van der Waals surface area contributed by atoms with Crippen LogP contribution in [-0.4, -0.2) is 15.0 Å². The van der Waals surface area contributed by atoms with E-state index in [0.717, 1.165) is 19.3 Å². The van der Waals surface area contributed by atoms with E-state index < -0.39 is 17.6 Å². The Morgan fingerprint density at radius 3 is 2.24 bits per heavy atom. The summed E-state index contributed by atoms with van der Waals surface area (Å²) in [5, 5.41) is 0. The van der Waals surface area contributed by atoms with Crippen LogP contribution in [0.5, 0.6) is 11.8 Å². The van der Waals surface area contributed by atoms with Crippen molar-refractivity contribution in [2.45, 2.75) is 31.4 Å². The van der Waals surface area contributed by atoms with Gasteiger partial charge in [-0.25, -0.2) is 19.3 Å². The number of pyridine rings is 1. The van der Waals surface area contributed by atoms with E-state index in [4.69, 9.17) is 10.5 Å². The molecule has 3 aromatic rings. The predicted molar refractivity (Wildman–Crippen MR) is 97.7 cm³/mol. The first-order valence-electron chi connectivity index (χ1n) is 8.94. The molecule has 2 N–H and O–H groups in total. The minimum atomic E-state index is -4.57. The second-order valence-corrected chi connectivity index (χ2v) is 6.80. The van der Waals surface area contributed by atoms with Crippen molar-refractivity contribution in [1.29, 1.82) is 0 Å². The average molecular weight is 404 g/mol. The molecule has 0 unspecified atom stereocenters. The second-order valence-electron chi connectivity index (χ2n) is 6.80. The number of alkyl halides is 3. The Balaban J connectivity index is 1.73. The van der Waals surface area contributed by atoms with Gasteiger partial charge in [-0.1, -0.05) is 18.6 Å². The van der Waals surface area contributed by atoms with Gasteiger partial charge < -0.3 is 10.5 Å². The number of ether oxygens (including phenoxy) is 1. The fourth-order valence-corrected chi connectivity index (χ4v) is 3.11. The number of nitrogens with two attached hydrogens (primary N) is 1. The molecule has 1 fully saturated rings. The van der Waals surface area contributed by atoms with Crippen LogP contribution in [0.25, 0.3) is 11.1 Å². The topological polar surface area (TPSA) is 73.9 Å². The maximum Gasteiger partial charge on any atom is 0.419 e. The van der Waals surface area contributed by atoms with Crippen molar-refractivity contribution >= 4 is 5.82 Å². The Bertz CT molecular complexity index is 1020. The molecule has 9 heteroatoms. The first kappa shape index (κ1) is 19.1. The summed E-state index contributed by atoms with van der Waals surface area (Å²) in [7, 11) is 0. The number of rotatable bonds is 4. The van der Waals surface area contributed by atoms with Crippen LogP contribution >= 0.6 is 0 Å². The van der Waals surface area contributed by atoms with Crippen LogP contribution in [0.2, 0.25) is 0 Å². The van der Waals surface area contributed by atoms with E-state index in [2.05, 4.69) is 15.0 Å². The minimum absolute atomic E-state index is 0.0798. The van der Waals surface area contributed by atoms with E-state index in [0.29, 0.717) is 29.3 Å². The van der Waals surface area contributed by atoms with Gasteiger partial charge in [0.1, 0.15) is 5.82 Å². The third-order valence-electron chi connectivity index (χ3n) is 4.92. The number of anilines is 1. The van der Waals surface area contributed by atoms with E-state index in [-0.39, 0.29) is 23.2 Å². The van der Waals surface area contributed by atoms with Crippen molar-refractivity contribution in [2.24, 2.45) is 0 Å². The van der Waals surface area contributed by atoms with Gasteiger partial charge in [0.15, 0.2) is 11.6 Å². The lowest BCUT2D eigenvalue weighted by atomic mass is 9.79. The number of nitrogens with zero attached hydrogens (tertiary/aromatic N) is 3. The summed E-state index contributed by atoms with van der Waals surface area (Å²) in [5.41, 5.74) is 5.95. The van der Waals surface area contributed by atoms with Gasteiger partial charge >= 0.3 is 12.2 Å². The summed E-state index contributed by atoms with van der Waals surface area (Å²) in [4.78, 5) is 11.1. The highest BCUT2D eigenvalue weighted by molar-refractivity contribution is 5.67. The molecule has 5 nitrogen and oxygen atoms in total. The van der Waals surface area contributed by atoms with Crippen molar-refractivity contribution in [3.63, 3.8) is 0 Å². The number of nitrogen functional groups attached to an aromatic ring is 1. The van der Waals surface area contributed by atoms with Crippen molar-refractivity contribution in [3.05, 3.63) is 59.8 Å². The molecule has 0 spiro atoms. The monoisotopic (exact) mass is 404 g/mol. The van der Waals surface area contributed by atoms with Crippen LogP contribution in [-0.2, 0) is 6.18 Å². The molecule has 0 aliphatic heterocycles. The highest BCUT2D eigenvalue weighted by Crippen LogP contribution is 2.45. The van der Waals surface area contributed by atoms with Gasteiger partial charge in [-0.15, -0.1) is 0 Å². The van der Waals surface area contributed by atoms with Gasteiger partial charge in [0, 0.05) is 35.3 Å². The van der Waals surface area contributed by atoms with Gasteiger partial charge in [-0.3, -0.25) is 0 Å². The molecule has 150 valence electrons. The zero-order chi connectivity index (χ0) is 20.6. The molecule has 0 saturated heterocycles. The molecule has 29 heavy (non-hydrogen) atoms. The van der Waals surface area contributed by atoms with E-state index in [1.165, 1.54) is 6.20 Å². The molecule has 2 heterocycles. The molecule has 0 bridgehead atoms. The van der Waals surface area contributed by atoms with Gasteiger partial charge in [0.2, 0.25) is 0 Å². The zero-order valence-electron chi connectivity index (χ0n) is 15.1. The zero-order valence-corrected chi connectivity index (χ0v) is 15.1. The van der Waals surface area contributed by atoms with Crippen LogP contribution in [0.3, 0.4) is 0 Å². The van der Waals surface area contributed by atoms with Crippen molar-refractivity contribution in [2.75, 3.05) is 5.73 Å². The highest BCUT2D eigenvalue weighted by Gasteiger charge is 2.32. The van der Waals surface area contributed by atoms with Gasteiger partial charge in [-0.2, -0.15) is 13.2 Å². The first-order chi connectivity index (χ1) is 13.8. The van der Waals surface area contributed by atoms with Gasteiger partial charge in [0.05, 0.1) is 5.56 Å². The smallest absolute Gasteiger partial charge is 0.419 e. The number of hydrogen-bond donors (Lipinski definition) is 1. The summed E-state index contributed by atoms with van der Waals surface area (Å²) in [6, 6.07) is 6.22. The van der Waals surface area contributed by atoms with Crippen LogP contribution in [0.15, 0.2) is 42.9 Å². The summed E-state index contributed by atoms with van der Waals surface area (Å²) >= 11 is 0. The first-order valence-corrected chi connectivity index (χ1v) is 8.94. The molecular formula is C20H16F4N4O. The standard InChI is InChI=1S/C20H16F4N4O/c21-17-14(12-4-7-16(25)26-8-12)5-6-15(11-2-1-3-11)18(17)29-19-27-9-13(10-28-19)20(22,23)24/h4-11H,1-3H2,(H2,25,26). The predicted octanol–water partition coefficient (Wildman–Crippen LogP) is 5.34. The van der Waals surface area contributed by atoms with Crippen LogP contribution in [0.1, 0.15) is 36.3 Å². The third kappa shape index (κ3) is 3.85. The van der Waals surface area contributed by atoms with Crippen LogP contribution in [0, 0.1) is 5.82 Å². The normalized spacial score (nSPS) is 14.5. The summed E-state index contributed by atoms with van der Waals surface area (Å²) < 4.78 is 59.0. The summed E-state index contributed by atoms with van der Waals surface area (Å²) in [6.45, 7) is 0. The molecule has 1 aromatic carbocycles. The molecule has 0 atom stereocenters. The van der Waals surface area contributed by atoms with Gasteiger partial charge in [-0.05, 0) is 30.9 Å². The maximum atomic E-state index is 15.4. The Morgan fingerprint density at radius 1 is 0.966 bits per heavy atom. The van der Waals surface area contributed by atoms with Crippen LogP contribution < -0.4 is 10.5 Å². The number of halogens is 4. The molecule has 0 amide bonds. The number of aromatic nitrogens is 3. The quantitative estimate of drug-likeness (QED) is 0.595. The molecule has 2 aromatic heterocycles. The Morgan fingerprint density at radius 2 is 1.69 bits per heavy atom. The van der Waals surface area contributed by atoms with E-state index in [1.54, 1.807) is 24.3 Å². The lowest BCUT2D eigenvalue weighted by Crippen LogP contribution is -2.12. The van der Waals surface area contributed by atoms with Crippen LogP contribution in [0.4, 0.5) is 23.4 Å². The largest absolute Gasteiger partial charge is 0.421 e.